The first-order valence-corrected chi connectivity index (χ1v) is 14.1. The molecule has 0 radical (unpaired) electrons. The molecule has 4 aliphatic carbocycles. The van der Waals surface area contributed by atoms with E-state index in [4.69, 9.17) is 4.74 Å². The van der Waals surface area contributed by atoms with Gasteiger partial charge >= 0.3 is 5.97 Å². The molecule has 202 valence electrons. The Hall–Kier alpha value is -2.23. The zero-order chi connectivity index (χ0) is 27.4. The molecule has 0 aromatic heterocycles. The number of esters is 1. The highest BCUT2D eigenvalue weighted by molar-refractivity contribution is 5.77. The van der Waals surface area contributed by atoms with Crippen LogP contribution < -0.4 is 10.4 Å². The van der Waals surface area contributed by atoms with Crippen molar-refractivity contribution in [3.05, 3.63) is 33.7 Å². The molecule has 0 heterocycles. The van der Waals surface area contributed by atoms with Gasteiger partial charge in [0, 0.05) is 10.6 Å². The number of ether oxygens (including phenoxy) is 1. The molecule has 0 unspecified atom stereocenters. The molecule has 1 aromatic rings. The molecule has 4 aliphatic rings. The van der Waals surface area contributed by atoms with Gasteiger partial charge in [0.05, 0.1) is 5.41 Å². The van der Waals surface area contributed by atoms with Crippen molar-refractivity contribution < 1.29 is 19.7 Å². The largest absolute Gasteiger partial charge is 0.504 e. The van der Waals surface area contributed by atoms with Gasteiger partial charge in [-0.05, 0) is 112 Å². The zero-order valence-electron chi connectivity index (χ0n) is 24.2. The quantitative estimate of drug-likeness (QED) is 0.349. The van der Waals surface area contributed by atoms with E-state index in [1.54, 1.807) is 6.07 Å². The molecule has 2 N–H and O–H groups in total. The lowest BCUT2D eigenvalue weighted by Crippen LogP contribution is -2.63. The number of hydrogen-bond donors (Lipinski definition) is 2. The van der Waals surface area contributed by atoms with Crippen molar-refractivity contribution in [1.82, 2.24) is 0 Å². The number of carbonyl (C=O) groups is 1. The normalized spacial score (nSPS) is 40.8. The number of phenolic OH excluding ortho intramolecular Hbond substituents is 2. The fourth-order valence-corrected chi connectivity index (χ4v) is 8.95. The molecule has 3 saturated carbocycles. The van der Waals surface area contributed by atoms with Crippen LogP contribution in [0.1, 0.15) is 106 Å². The first kappa shape index (κ1) is 26.4. The third kappa shape index (κ3) is 3.49. The Morgan fingerprint density at radius 3 is 2.27 bits per heavy atom. The smallest absolute Gasteiger partial charge is 0.312 e. The summed E-state index contributed by atoms with van der Waals surface area (Å²) in [5.41, 5.74) is 1.53. The Kier molecular flexibility index (Phi) is 5.47. The fraction of sp³-hybridized carbons (Fsp3) is 0.667. The summed E-state index contributed by atoms with van der Waals surface area (Å²) in [6.45, 7) is 21.8. The first-order chi connectivity index (χ1) is 16.9. The highest BCUT2D eigenvalue weighted by Gasteiger charge is 2.67. The molecule has 0 saturated heterocycles. The Morgan fingerprint density at radius 2 is 1.62 bits per heavy atom. The molecular formula is C33H46O4. The molecule has 1 aromatic carbocycles. The minimum atomic E-state index is -0.485. The molecular weight excluding hydrogens is 460 g/mol. The van der Waals surface area contributed by atoms with Gasteiger partial charge in [-0.3, -0.25) is 4.79 Å². The van der Waals surface area contributed by atoms with Crippen LogP contribution in [-0.2, 0) is 14.9 Å². The number of hydrogen-bond acceptors (Lipinski definition) is 4. The zero-order valence-corrected chi connectivity index (χ0v) is 24.2. The monoisotopic (exact) mass is 506 g/mol. The lowest BCUT2D eigenvalue weighted by molar-refractivity contribution is -0.188. The van der Waals surface area contributed by atoms with E-state index in [1.165, 1.54) is 5.57 Å². The summed E-state index contributed by atoms with van der Waals surface area (Å²) in [7, 11) is 0. The Balaban J connectivity index is 1.60. The minimum Gasteiger partial charge on any atom is -0.504 e. The van der Waals surface area contributed by atoms with Crippen LogP contribution in [0.5, 0.6) is 11.5 Å². The standard InChI is InChI=1S/C33H46O4/c1-20-21-10-11-24-31(7,22(21)18-23(34)26(20)35)15-17-33(9)25-19-30(6,27(36)37-28(2,3)4)13-12-29(25,5)14-16-32(24,33)8/h10-11,18,25,34-35H,1,12-17,19H2,2-9H3/t25-,29-,30-,31+,32-,33+/m1/s1. The van der Waals surface area contributed by atoms with Crippen molar-refractivity contribution in [3.8, 4) is 11.5 Å². The van der Waals surface area contributed by atoms with E-state index in [0.717, 1.165) is 55.7 Å². The highest BCUT2D eigenvalue weighted by atomic mass is 16.6. The average Bonchev–Trinajstić information content (AvgIpc) is 2.80. The van der Waals surface area contributed by atoms with Crippen LogP contribution in [0.2, 0.25) is 0 Å². The van der Waals surface area contributed by atoms with Crippen molar-refractivity contribution in [2.75, 3.05) is 0 Å². The van der Waals surface area contributed by atoms with Gasteiger partial charge in [0.25, 0.3) is 0 Å². The fourth-order valence-electron chi connectivity index (χ4n) is 8.95. The molecule has 0 bridgehead atoms. The van der Waals surface area contributed by atoms with Crippen molar-refractivity contribution in [3.63, 3.8) is 0 Å². The van der Waals surface area contributed by atoms with Gasteiger partial charge in [0.15, 0.2) is 11.5 Å². The average molecular weight is 507 g/mol. The number of carbonyl (C=O) groups excluding carboxylic acids is 1. The maximum absolute atomic E-state index is 13.5. The number of benzene rings is 1. The molecule has 0 amide bonds. The van der Waals surface area contributed by atoms with Gasteiger partial charge in [-0.1, -0.05) is 52.0 Å². The minimum absolute atomic E-state index is 0.0344. The molecule has 0 aliphatic heterocycles. The van der Waals surface area contributed by atoms with Crippen molar-refractivity contribution in [2.45, 2.75) is 111 Å². The topological polar surface area (TPSA) is 66.8 Å². The van der Waals surface area contributed by atoms with E-state index in [2.05, 4.69) is 53.3 Å². The summed E-state index contributed by atoms with van der Waals surface area (Å²) < 4.78 is 5.95. The van der Waals surface area contributed by atoms with Crippen LogP contribution in [-0.4, -0.2) is 21.8 Å². The molecule has 4 nitrogen and oxygen atoms in total. The maximum Gasteiger partial charge on any atom is 0.312 e. The maximum atomic E-state index is 13.5. The van der Waals surface area contributed by atoms with E-state index in [-0.39, 0.29) is 39.1 Å². The number of fused-ring (bicyclic) bond motifs is 7. The Labute approximate surface area is 222 Å². The Bertz CT molecular complexity index is 1320. The lowest BCUT2D eigenvalue weighted by atomic mass is 9.35. The molecule has 3 fully saturated rings. The summed E-state index contributed by atoms with van der Waals surface area (Å²) in [6.07, 6.45) is 11.5. The second-order valence-electron chi connectivity index (χ2n) is 15.0. The van der Waals surface area contributed by atoms with E-state index >= 15 is 0 Å². The van der Waals surface area contributed by atoms with Crippen molar-refractivity contribution in [2.24, 2.45) is 27.6 Å². The molecule has 4 heteroatoms. The predicted molar refractivity (Wildman–Crippen MR) is 149 cm³/mol. The lowest BCUT2D eigenvalue weighted by Gasteiger charge is -2.69. The van der Waals surface area contributed by atoms with Crippen LogP contribution in [0.4, 0.5) is 0 Å². The summed E-state index contributed by atoms with van der Waals surface area (Å²) in [4.78, 5) is 13.5. The Morgan fingerprint density at radius 1 is 0.973 bits per heavy atom. The van der Waals surface area contributed by atoms with Crippen LogP contribution >= 0.6 is 0 Å². The van der Waals surface area contributed by atoms with Gasteiger partial charge in [-0.2, -0.15) is 0 Å². The van der Waals surface area contributed by atoms with Gasteiger partial charge in [-0.15, -0.1) is 0 Å². The number of allylic oxidation sites excluding steroid dienone is 2. The predicted octanol–water partition coefficient (Wildman–Crippen LogP) is 6.24. The van der Waals surface area contributed by atoms with E-state index in [0.29, 0.717) is 11.1 Å². The summed E-state index contributed by atoms with van der Waals surface area (Å²) >= 11 is 0. The van der Waals surface area contributed by atoms with Crippen LogP contribution in [0.15, 0.2) is 17.7 Å². The van der Waals surface area contributed by atoms with Gasteiger partial charge in [0.2, 0.25) is 0 Å². The third-order valence-electron chi connectivity index (χ3n) is 11.6. The molecule has 5 rings (SSSR count). The van der Waals surface area contributed by atoms with Crippen molar-refractivity contribution in [1.29, 1.82) is 0 Å². The van der Waals surface area contributed by atoms with Crippen LogP contribution in [0, 0.1) is 27.6 Å². The van der Waals surface area contributed by atoms with Gasteiger partial charge in [0.1, 0.15) is 5.60 Å². The summed E-state index contributed by atoms with van der Waals surface area (Å²) in [6, 6.07) is 1.77. The summed E-state index contributed by atoms with van der Waals surface area (Å²) in [5.74, 6) is 0.151. The van der Waals surface area contributed by atoms with Crippen LogP contribution in [0.3, 0.4) is 0 Å². The SMILES string of the molecule is C=c1c(O)c(O)cc2c1=CC=C1[C@@]2(C)CC[C@@]2(C)[C@@H]3C[C@](C)(C(=O)OC(C)(C)C)CC[C@]3(C)CC[C@]12C. The molecule has 0 spiro atoms. The van der Waals surface area contributed by atoms with E-state index in [1.807, 2.05) is 20.8 Å². The van der Waals surface area contributed by atoms with Crippen LogP contribution in [0.25, 0.3) is 12.7 Å². The van der Waals surface area contributed by atoms with E-state index < -0.39 is 11.0 Å². The number of aromatic hydroxyl groups is 2. The second kappa shape index (κ2) is 7.67. The van der Waals surface area contributed by atoms with Crippen molar-refractivity contribution >= 4 is 18.6 Å². The van der Waals surface area contributed by atoms with Gasteiger partial charge < -0.3 is 14.9 Å². The first-order valence-electron chi connectivity index (χ1n) is 14.1. The number of rotatable bonds is 1. The molecule has 37 heavy (non-hydrogen) atoms. The van der Waals surface area contributed by atoms with E-state index in [9.17, 15) is 15.0 Å². The van der Waals surface area contributed by atoms with Gasteiger partial charge in [-0.25, -0.2) is 0 Å². The second-order valence-corrected chi connectivity index (χ2v) is 15.0. The molecule has 6 atom stereocenters. The summed E-state index contributed by atoms with van der Waals surface area (Å²) in [5, 5.41) is 22.3. The third-order valence-corrected chi connectivity index (χ3v) is 11.6. The number of phenols is 2. The highest BCUT2D eigenvalue weighted by Crippen LogP contribution is 2.74.